The summed E-state index contributed by atoms with van der Waals surface area (Å²) < 4.78 is 5.69. The second kappa shape index (κ2) is 8.66. The number of aliphatic imine (C=N–C) groups is 1. The Hall–Kier alpha value is -2.20. The summed E-state index contributed by atoms with van der Waals surface area (Å²) in [6.45, 7) is 12.5. The van der Waals surface area contributed by atoms with Crippen molar-refractivity contribution >= 4 is 19.8 Å². The molecule has 0 N–H and O–H groups in total. The van der Waals surface area contributed by atoms with E-state index >= 15 is 0 Å². The molecule has 2 rings (SSSR count). The monoisotopic (exact) mass is 381 g/mol. The zero-order chi connectivity index (χ0) is 20.1. The number of benzene rings is 2. The Bertz CT molecular complexity index is 730. The van der Waals surface area contributed by atoms with E-state index in [2.05, 4.69) is 19.6 Å². The Morgan fingerprint density at radius 3 is 1.74 bits per heavy atom. The number of ether oxygens (including phenoxy) is 1. The van der Waals surface area contributed by atoms with E-state index < -0.39 is 19.7 Å². The first-order chi connectivity index (χ1) is 12.6. The number of hydrogen-bond donors (Lipinski definition) is 0. The predicted octanol–water partition coefficient (Wildman–Crippen LogP) is 5.57. The van der Waals surface area contributed by atoms with Crippen LogP contribution in [0.4, 0.5) is 0 Å². The van der Waals surface area contributed by atoms with Crippen molar-refractivity contribution in [1.82, 2.24) is 0 Å². The fourth-order valence-corrected chi connectivity index (χ4v) is 4.21. The SMILES string of the molecule is CC(C)(C)OC(=O)C(C[Si](C)(C)C)N=C(c1ccccc1)c1ccccc1. The minimum atomic E-state index is -1.54. The van der Waals surface area contributed by atoms with E-state index in [1.54, 1.807) is 0 Å². The van der Waals surface area contributed by atoms with E-state index in [4.69, 9.17) is 9.73 Å². The summed E-state index contributed by atoms with van der Waals surface area (Å²) in [5, 5.41) is 0. The van der Waals surface area contributed by atoms with Crippen LogP contribution in [0.5, 0.6) is 0 Å². The first-order valence-corrected chi connectivity index (χ1v) is 13.2. The van der Waals surface area contributed by atoms with Crippen LogP contribution < -0.4 is 0 Å². The van der Waals surface area contributed by atoms with Crippen LogP contribution in [0.3, 0.4) is 0 Å². The van der Waals surface area contributed by atoms with Crippen LogP contribution in [0, 0.1) is 0 Å². The van der Waals surface area contributed by atoms with E-state index in [9.17, 15) is 4.79 Å². The maximum Gasteiger partial charge on any atom is 0.331 e. The average molecular weight is 382 g/mol. The van der Waals surface area contributed by atoms with Gasteiger partial charge in [-0.25, -0.2) is 4.79 Å². The molecule has 4 heteroatoms. The quantitative estimate of drug-likeness (QED) is 0.372. The molecule has 2 aromatic rings. The van der Waals surface area contributed by atoms with Gasteiger partial charge in [0, 0.05) is 19.2 Å². The fraction of sp³-hybridized carbons (Fsp3) is 0.391. The lowest BCUT2D eigenvalue weighted by Crippen LogP contribution is -2.36. The first kappa shape index (κ1) is 21.1. The molecule has 0 aromatic heterocycles. The van der Waals surface area contributed by atoms with Gasteiger partial charge >= 0.3 is 5.97 Å². The maximum absolute atomic E-state index is 12.9. The van der Waals surface area contributed by atoms with E-state index in [-0.39, 0.29) is 5.97 Å². The molecule has 0 aliphatic rings. The normalized spacial score (nSPS) is 13.0. The molecule has 1 unspecified atom stereocenters. The third-order valence-corrected chi connectivity index (χ3v) is 5.48. The lowest BCUT2D eigenvalue weighted by atomic mass is 10.0. The van der Waals surface area contributed by atoms with Gasteiger partial charge in [0.1, 0.15) is 11.6 Å². The third kappa shape index (κ3) is 7.14. The highest BCUT2D eigenvalue weighted by Gasteiger charge is 2.30. The molecule has 0 saturated heterocycles. The minimum absolute atomic E-state index is 0.241. The summed E-state index contributed by atoms with van der Waals surface area (Å²) >= 11 is 0. The standard InChI is InChI=1S/C23H31NO2Si/c1-23(2,3)26-22(25)20(17-27(4,5)6)24-21(18-13-9-7-10-14-18)19-15-11-8-12-16-19/h7-16,20H,17H2,1-6H3. The maximum atomic E-state index is 12.9. The van der Waals surface area contributed by atoms with Crippen molar-refractivity contribution in [3.63, 3.8) is 0 Å². The van der Waals surface area contributed by atoms with Gasteiger partial charge < -0.3 is 4.74 Å². The molecular weight excluding hydrogens is 350 g/mol. The van der Waals surface area contributed by atoms with Crippen molar-refractivity contribution in [2.45, 2.75) is 58.1 Å². The summed E-state index contributed by atoms with van der Waals surface area (Å²) in [5.74, 6) is -0.241. The van der Waals surface area contributed by atoms with Gasteiger partial charge in [0.2, 0.25) is 0 Å². The number of nitrogens with zero attached hydrogens (tertiary/aromatic N) is 1. The van der Waals surface area contributed by atoms with Gasteiger partial charge in [-0.2, -0.15) is 0 Å². The lowest BCUT2D eigenvalue weighted by Gasteiger charge is -2.26. The van der Waals surface area contributed by atoms with Gasteiger partial charge in [0.15, 0.2) is 0 Å². The molecular formula is C23H31NO2Si. The molecule has 0 heterocycles. The van der Waals surface area contributed by atoms with Gasteiger partial charge in [-0.1, -0.05) is 80.3 Å². The van der Waals surface area contributed by atoms with Crippen molar-refractivity contribution in [3.05, 3.63) is 71.8 Å². The summed E-state index contributed by atoms with van der Waals surface area (Å²) in [6, 6.07) is 20.3. The Morgan fingerprint density at radius 1 is 0.926 bits per heavy atom. The molecule has 0 spiro atoms. The molecule has 0 aliphatic carbocycles. The summed E-state index contributed by atoms with van der Waals surface area (Å²) in [5.41, 5.74) is 2.33. The average Bonchev–Trinajstić information content (AvgIpc) is 2.57. The highest BCUT2D eigenvalue weighted by Crippen LogP contribution is 2.21. The zero-order valence-electron chi connectivity index (χ0n) is 17.3. The van der Waals surface area contributed by atoms with E-state index in [1.165, 1.54) is 0 Å². The highest BCUT2D eigenvalue weighted by molar-refractivity contribution is 6.76. The van der Waals surface area contributed by atoms with Crippen LogP contribution in [0.15, 0.2) is 65.7 Å². The van der Waals surface area contributed by atoms with Crippen LogP contribution in [-0.2, 0) is 9.53 Å². The molecule has 0 saturated carbocycles. The molecule has 0 bridgehead atoms. The van der Waals surface area contributed by atoms with Crippen LogP contribution in [0.25, 0.3) is 0 Å². The van der Waals surface area contributed by atoms with Crippen LogP contribution in [0.2, 0.25) is 25.7 Å². The summed E-state index contributed by atoms with van der Waals surface area (Å²) in [7, 11) is -1.54. The first-order valence-electron chi connectivity index (χ1n) is 9.47. The van der Waals surface area contributed by atoms with Crippen molar-refractivity contribution < 1.29 is 9.53 Å². The smallest absolute Gasteiger partial charge is 0.331 e. The number of esters is 1. The summed E-state index contributed by atoms with van der Waals surface area (Å²) in [6.07, 6.45) is 0. The largest absolute Gasteiger partial charge is 0.458 e. The second-order valence-electron chi connectivity index (χ2n) is 9.02. The Labute approximate surface area is 164 Å². The number of carbonyl (C=O) groups excluding carboxylic acids is 1. The van der Waals surface area contributed by atoms with Crippen molar-refractivity contribution in [2.75, 3.05) is 0 Å². The van der Waals surface area contributed by atoms with Gasteiger partial charge in [-0.05, 0) is 26.8 Å². The summed E-state index contributed by atoms with van der Waals surface area (Å²) in [4.78, 5) is 17.9. The van der Waals surface area contributed by atoms with Gasteiger partial charge in [0.25, 0.3) is 0 Å². The van der Waals surface area contributed by atoms with Crippen molar-refractivity contribution in [3.8, 4) is 0 Å². The molecule has 0 amide bonds. The number of rotatable bonds is 6. The van der Waals surface area contributed by atoms with E-state index in [1.807, 2.05) is 81.4 Å². The Kier molecular flexibility index (Phi) is 6.77. The van der Waals surface area contributed by atoms with Gasteiger partial charge in [-0.15, -0.1) is 0 Å². The second-order valence-corrected chi connectivity index (χ2v) is 14.6. The Morgan fingerprint density at radius 2 is 1.37 bits per heavy atom. The molecule has 27 heavy (non-hydrogen) atoms. The minimum Gasteiger partial charge on any atom is -0.458 e. The van der Waals surface area contributed by atoms with E-state index in [0.29, 0.717) is 0 Å². The lowest BCUT2D eigenvalue weighted by molar-refractivity contribution is -0.155. The van der Waals surface area contributed by atoms with Crippen LogP contribution >= 0.6 is 0 Å². The number of carbonyl (C=O) groups is 1. The topological polar surface area (TPSA) is 38.7 Å². The Balaban J connectivity index is 2.51. The third-order valence-electron chi connectivity index (χ3n) is 3.86. The van der Waals surface area contributed by atoms with Crippen molar-refractivity contribution in [2.24, 2.45) is 4.99 Å². The zero-order valence-corrected chi connectivity index (χ0v) is 18.3. The molecule has 3 nitrogen and oxygen atoms in total. The van der Waals surface area contributed by atoms with Gasteiger partial charge in [-0.3, -0.25) is 4.99 Å². The highest BCUT2D eigenvalue weighted by atomic mass is 28.3. The van der Waals surface area contributed by atoms with Crippen LogP contribution in [0.1, 0.15) is 31.9 Å². The molecule has 0 radical (unpaired) electrons. The fourth-order valence-electron chi connectivity index (χ4n) is 2.80. The van der Waals surface area contributed by atoms with Crippen LogP contribution in [-0.4, -0.2) is 31.4 Å². The molecule has 2 aromatic carbocycles. The van der Waals surface area contributed by atoms with Crippen molar-refractivity contribution in [1.29, 1.82) is 0 Å². The predicted molar refractivity (Wildman–Crippen MR) is 116 cm³/mol. The molecule has 0 fully saturated rings. The number of hydrogen-bond acceptors (Lipinski definition) is 3. The molecule has 144 valence electrons. The molecule has 0 aliphatic heterocycles. The van der Waals surface area contributed by atoms with Gasteiger partial charge in [0.05, 0.1) is 5.71 Å². The molecule has 1 atom stereocenters. The van der Waals surface area contributed by atoms with E-state index in [0.717, 1.165) is 22.9 Å².